The molecule has 11 aromatic rings. The van der Waals surface area contributed by atoms with Gasteiger partial charge in [0.05, 0.1) is 32.8 Å². The molecule has 3 nitrogen and oxygen atoms in total. The molecule has 0 aliphatic heterocycles. The van der Waals surface area contributed by atoms with E-state index in [0.717, 1.165) is 50.2 Å². The normalized spacial score (nSPS) is 11.8. The second-order valence-corrected chi connectivity index (χ2v) is 14.3. The summed E-state index contributed by atoms with van der Waals surface area (Å²) in [6.45, 7) is 0. The maximum absolute atomic E-state index is 6.76. The van der Waals surface area contributed by atoms with Crippen LogP contribution < -0.4 is 4.90 Å². The number of anilines is 3. The molecule has 0 bridgehead atoms. The number of benzene rings is 8. The minimum absolute atomic E-state index is 0.874. The van der Waals surface area contributed by atoms with Crippen LogP contribution in [0, 0.1) is 0 Å². The lowest BCUT2D eigenvalue weighted by Crippen LogP contribution is -2.11. The molecule has 0 amide bonds. The molecule has 0 saturated carbocycles. The van der Waals surface area contributed by atoms with E-state index in [1.807, 2.05) is 17.4 Å². The lowest BCUT2D eigenvalue weighted by molar-refractivity contribution is 0.669. The van der Waals surface area contributed by atoms with E-state index in [1.165, 1.54) is 47.6 Å². The molecule has 0 saturated heterocycles. The average molecular weight is 683 g/mol. The molecule has 0 unspecified atom stereocenters. The molecule has 0 aliphatic rings. The van der Waals surface area contributed by atoms with Crippen molar-refractivity contribution in [2.75, 3.05) is 4.90 Å². The van der Waals surface area contributed by atoms with Gasteiger partial charge in [-0.25, -0.2) is 0 Å². The predicted molar refractivity (Wildman–Crippen MR) is 221 cm³/mol. The van der Waals surface area contributed by atoms with Gasteiger partial charge in [0.25, 0.3) is 0 Å². The van der Waals surface area contributed by atoms with Crippen molar-refractivity contribution in [2.24, 2.45) is 0 Å². The molecular formula is C48H30N2OS. The highest BCUT2D eigenvalue weighted by Gasteiger charge is 2.26. The summed E-state index contributed by atoms with van der Waals surface area (Å²) in [5.41, 5.74) is 10.9. The van der Waals surface area contributed by atoms with Crippen LogP contribution in [-0.2, 0) is 0 Å². The Morgan fingerprint density at radius 1 is 0.423 bits per heavy atom. The minimum atomic E-state index is 0.874. The first-order chi connectivity index (χ1) is 25.8. The van der Waals surface area contributed by atoms with Crippen LogP contribution in [0.3, 0.4) is 0 Å². The summed E-state index contributed by atoms with van der Waals surface area (Å²) >= 11 is 1.85. The Kier molecular flexibility index (Phi) is 6.42. The number of hydrogen-bond acceptors (Lipinski definition) is 3. The summed E-state index contributed by atoms with van der Waals surface area (Å²) in [4.78, 5) is 2.44. The number of furan rings is 1. The van der Waals surface area contributed by atoms with Gasteiger partial charge in [-0.05, 0) is 65.7 Å². The highest BCUT2D eigenvalue weighted by molar-refractivity contribution is 7.26. The second kappa shape index (κ2) is 11.5. The molecule has 0 radical (unpaired) electrons. The number of aromatic nitrogens is 1. The third-order valence-corrected chi connectivity index (χ3v) is 11.6. The number of thiophene rings is 1. The number of fused-ring (bicyclic) bond motifs is 9. The molecule has 0 atom stereocenters. The first kappa shape index (κ1) is 29.1. The van der Waals surface area contributed by atoms with E-state index >= 15 is 0 Å². The summed E-state index contributed by atoms with van der Waals surface area (Å²) in [6, 6.07) is 65.3. The molecule has 3 aromatic heterocycles. The topological polar surface area (TPSA) is 21.3 Å². The van der Waals surface area contributed by atoms with Gasteiger partial charge in [0.15, 0.2) is 5.58 Å². The fourth-order valence-electron chi connectivity index (χ4n) is 8.10. The summed E-state index contributed by atoms with van der Waals surface area (Å²) in [5.74, 6) is 0. The smallest absolute Gasteiger partial charge is 0.159 e. The first-order valence-electron chi connectivity index (χ1n) is 17.6. The molecule has 0 aliphatic carbocycles. The van der Waals surface area contributed by atoms with Gasteiger partial charge in [0.2, 0.25) is 0 Å². The van der Waals surface area contributed by atoms with Crippen molar-refractivity contribution in [1.82, 2.24) is 4.57 Å². The van der Waals surface area contributed by atoms with Crippen LogP contribution in [-0.4, -0.2) is 4.57 Å². The van der Waals surface area contributed by atoms with Crippen LogP contribution >= 0.6 is 11.3 Å². The molecule has 0 spiro atoms. The molecule has 3 heterocycles. The number of rotatable bonds is 5. The number of hydrogen-bond donors (Lipinski definition) is 0. The zero-order chi connectivity index (χ0) is 34.2. The third kappa shape index (κ3) is 4.31. The van der Waals surface area contributed by atoms with Crippen LogP contribution in [0.5, 0.6) is 0 Å². The highest BCUT2D eigenvalue weighted by Crippen LogP contribution is 2.50. The average Bonchev–Trinajstić information content (AvgIpc) is 3.89. The van der Waals surface area contributed by atoms with Gasteiger partial charge >= 0.3 is 0 Å². The monoisotopic (exact) mass is 682 g/mol. The molecule has 11 rings (SSSR count). The molecule has 4 heteroatoms. The van der Waals surface area contributed by atoms with Crippen molar-refractivity contribution in [1.29, 1.82) is 0 Å². The number of para-hydroxylation sites is 3. The number of nitrogens with zero attached hydrogens (tertiary/aromatic N) is 2. The predicted octanol–water partition coefficient (Wildman–Crippen LogP) is 14.2. The molecular weight excluding hydrogens is 653 g/mol. The maximum Gasteiger partial charge on any atom is 0.159 e. The second-order valence-electron chi connectivity index (χ2n) is 13.3. The van der Waals surface area contributed by atoms with Crippen LogP contribution in [0.1, 0.15) is 0 Å². The van der Waals surface area contributed by atoms with Crippen LogP contribution in [0.4, 0.5) is 17.1 Å². The largest absolute Gasteiger partial charge is 0.454 e. The van der Waals surface area contributed by atoms with Gasteiger partial charge in [0, 0.05) is 42.7 Å². The zero-order valence-corrected chi connectivity index (χ0v) is 28.8. The van der Waals surface area contributed by atoms with E-state index < -0.39 is 0 Å². The van der Waals surface area contributed by atoms with Gasteiger partial charge < -0.3 is 13.9 Å². The van der Waals surface area contributed by atoms with E-state index in [0.29, 0.717) is 0 Å². The standard InChI is InChI=1S/C48H30N2OS/c1-2-13-31(14-3-1)32-27-29-33(30-28-32)49-39-20-7-4-17-38(39)46-40(49)21-12-22-41(46)50(42-23-10-18-36-34-15-5-8-25-44(34)51-47(36)42)43-24-11-19-37-35-16-6-9-26-45(35)52-48(37)43/h1-30H. The minimum Gasteiger partial charge on any atom is -0.454 e. The van der Waals surface area contributed by atoms with Crippen molar-refractivity contribution < 1.29 is 4.42 Å². The highest BCUT2D eigenvalue weighted by atomic mass is 32.1. The van der Waals surface area contributed by atoms with Crippen molar-refractivity contribution in [3.63, 3.8) is 0 Å². The fourth-order valence-corrected chi connectivity index (χ4v) is 9.31. The lowest BCUT2D eigenvalue weighted by atomic mass is 10.1. The van der Waals surface area contributed by atoms with Gasteiger partial charge in [0.1, 0.15) is 5.58 Å². The van der Waals surface area contributed by atoms with Crippen LogP contribution in [0.15, 0.2) is 186 Å². The van der Waals surface area contributed by atoms with E-state index in [-0.39, 0.29) is 0 Å². The Bertz CT molecular complexity index is 3020. The first-order valence-corrected chi connectivity index (χ1v) is 18.4. The Hall–Kier alpha value is -6.62. The van der Waals surface area contributed by atoms with Gasteiger partial charge in [-0.1, -0.05) is 127 Å². The van der Waals surface area contributed by atoms with Crippen LogP contribution in [0.25, 0.3) is 80.7 Å². The van der Waals surface area contributed by atoms with E-state index in [1.54, 1.807) is 0 Å². The van der Waals surface area contributed by atoms with Crippen molar-refractivity contribution in [3.8, 4) is 16.8 Å². The SMILES string of the molecule is c1ccc(-c2ccc(-n3c4ccccc4c4c(N(c5cccc6c5oc5ccccc56)c5cccc6c5sc5ccccc56)cccc43)cc2)cc1. The summed E-state index contributed by atoms with van der Waals surface area (Å²) in [5, 5.41) is 7.15. The third-order valence-electron chi connectivity index (χ3n) is 10.4. The Labute approximate surface area is 303 Å². The summed E-state index contributed by atoms with van der Waals surface area (Å²) < 4.78 is 11.7. The van der Waals surface area contributed by atoms with E-state index in [4.69, 9.17) is 4.42 Å². The quantitative estimate of drug-likeness (QED) is 0.180. The van der Waals surface area contributed by atoms with E-state index in [2.05, 4.69) is 185 Å². The van der Waals surface area contributed by atoms with Gasteiger partial charge in [-0.3, -0.25) is 0 Å². The van der Waals surface area contributed by atoms with E-state index in [9.17, 15) is 0 Å². The van der Waals surface area contributed by atoms with Gasteiger partial charge in [-0.15, -0.1) is 11.3 Å². The molecule has 244 valence electrons. The maximum atomic E-state index is 6.76. The molecule has 0 N–H and O–H groups in total. The van der Waals surface area contributed by atoms with Crippen LogP contribution in [0.2, 0.25) is 0 Å². The molecule has 0 fully saturated rings. The lowest BCUT2D eigenvalue weighted by Gasteiger charge is -2.27. The molecule has 52 heavy (non-hydrogen) atoms. The van der Waals surface area contributed by atoms with Crippen molar-refractivity contribution >= 4 is 92.3 Å². The fraction of sp³-hybridized carbons (Fsp3) is 0. The Morgan fingerprint density at radius 2 is 1.04 bits per heavy atom. The Morgan fingerprint density at radius 3 is 1.90 bits per heavy atom. The van der Waals surface area contributed by atoms with Crippen molar-refractivity contribution in [2.45, 2.75) is 0 Å². The summed E-state index contributed by atoms with van der Waals surface area (Å²) in [7, 11) is 0. The Balaban J connectivity index is 1.22. The molecule has 8 aromatic carbocycles. The zero-order valence-electron chi connectivity index (χ0n) is 28.0. The van der Waals surface area contributed by atoms with Gasteiger partial charge in [-0.2, -0.15) is 0 Å². The van der Waals surface area contributed by atoms with Crippen molar-refractivity contribution in [3.05, 3.63) is 182 Å². The summed E-state index contributed by atoms with van der Waals surface area (Å²) in [6.07, 6.45) is 0.